The minimum Gasteiger partial charge on any atom is -0.494 e. The van der Waals surface area contributed by atoms with Crippen LogP contribution < -0.4 is 10.9 Å². The number of benzene rings is 1. The van der Waals surface area contributed by atoms with Gasteiger partial charge in [0.1, 0.15) is 0 Å². The molecule has 0 atom stereocenters. The van der Waals surface area contributed by atoms with Crippen molar-refractivity contribution in [3.63, 3.8) is 0 Å². The molecule has 0 bridgehead atoms. The number of H-pyrrole nitrogens is 1. The van der Waals surface area contributed by atoms with Gasteiger partial charge in [0, 0.05) is 17.8 Å². The minimum atomic E-state index is -0.518. The molecule has 1 amide bonds. The van der Waals surface area contributed by atoms with Gasteiger partial charge in [-0.25, -0.2) is 0 Å². The van der Waals surface area contributed by atoms with Crippen molar-refractivity contribution in [1.29, 1.82) is 0 Å². The van der Waals surface area contributed by atoms with Gasteiger partial charge < -0.3 is 10.4 Å². The minimum absolute atomic E-state index is 0.122. The Hall–Kier alpha value is -2.56. The van der Waals surface area contributed by atoms with Crippen LogP contribution in [0.1, 0.15) is 28.4 Å². The third kappa shape index (κ3) is 2.88. The first-order valence-electron chi connectivity index (χ1n) is 6.34. The van der Waals surface area contributed by atoms with Gasteiger partial charge in [-0.2, -0.15) is 0 Å². The maximum absolute atomic E-state index is 12.2. The van der Waals surface area contributed by atoms with E-state index in [9.17, 15) is 14.7 Å². The molecule has 5 nitrogen and oxygen atoms in total. The van der Waals surface area contributed by atoms with Gasteiger partial charge in [-0.15, -0.1) is 0 Å². The molecule has 0 unspecified atom stereocenters. The van der Waals surface area contributed by atoms with Crippen LogP contribution in [0.2, 0.25) is 0 Å². The highest BCUT2D eigenvalue weighted by atomic mass is 16.3. The summed E-state index contributed by atoms with van der Waals surface area (Å²) in [6, 6.07) is 8.16. The monoisotopic (exact) mass is 272 g/mol. The Bertz CT molecular complexity index is 705. The molecule has 2 aromatic rings. The average molecular weight is 272 g/mol. The van der Waals surface area contributed by atoms with Crippen LogP contribution in [0.4, 0.5) is 5.69 Å². The second kappa shape index (κ2) is 5.61. The van der Waals surface area contributed by atoms with Crippen LogP contribution in [-0.4, -0.2) is 16.0 Å². The molecule has 0 saturated carbocycles. The Labute approximate surface area is 116 Å². The van der Waals surface area contributed by atoms with Crippen LogP contribution in [0.15, 0.2) is 35.1 Å². The van der Waals surface area contributed by atoms with Crippen LogP contribution in [0.3, 0.4) is 0 Å². The Balaban J connectivity index is 2.35. The zero-order valence-corrected chi connectivity index (χ0v) is 11.4. The number of rotatable bonds is 3. The summed E-state index contributed by atoms with van der Waals surface area (Å²) in [7, 11) is 0. The number of carbonyl (C=O) groups is 1. The molecule has 0 aliphatic rings. The van der Waals surface area contributed by atoms with Gasteiger partial charge in [0.05, 0.1) is 5.56 Å². The number of hydrogen-bond acceptors (Lipinski definition) is 3. The average Bonchev–Trinajstić information content (AvgIpc) is 2.39. The van der Waals surface area contributed by atoms with Crippen LogP contribution in [0, 0.1) is 6.92 Å². The number of amides is 1. The number of anilines is 1. The molecule has 0 radical (unpaired) electrons. The Kier molecular flexibility index (Phi) is 3.89. The summed E-state index contributed by atoms with van der Waals surface area (Å²) in [5.41, 5.74) is 2.33. The topological polar surface area (TPSA) is 82.2 Å². The number of aryl methyl sites for hydroxylation is 2. The van der Waals surface area contributed by atoms with Crippen molar-refractivity contribution >= 4 is 11.6 Å². The standard InChI is InChI=1S/C15H16N2O3/c1-3-10-6-4-5-9(2)14(10)17-15(20)11-7-12(18)16-13(19)8-11/h4-8H,3H2,1-2H3,(H,17,20)(H2,16,18,19). The quantitative estimate of drug-likeness (QED) is 0.801. The summed E-state index contributed by atoms with van der Waals surface area (Å²) in [6.07, 6.45) is 0.790. The fraction of sp³-hybridized carbons (Fsp3) is 0.200. The number of pyridine rings is 1. The normalized spacial score (nSPS) is 10.3. The molecule has 20 heavy (non-hydrogen) atoms. The third-order valence-electron chi connectivity index (χ3n) is 3.07. The first kappa shape index (κ1) is 13.9. The van der Waals surface area contributed by atoms with Gasteiger partial charge in [0.15, 0.2) is 5.88 Å². The Morgan fingerprint density at radius 1 is 1.35 bits per heavy atom. The molecule has 0 saturated heterocycles. The zero-order valence-electron chi connectivity index (χ0n) is 11.4. The number of aromatic nitrogens is 1. The number of nitrogens with one attached hydrogen (secondary N) is 2. The van der Waals surface area contributed by atoms with Gasteiger partial charge in [-0.05, 0) is 24.5 Å². The fourth-order valence-corrected chi connectivity index (χ4v) is 2.05. The lowest BCUT2D eigenvalue weighted by molar-refractivity contribution is 0.102. The highest BCUT2D eigenvalue weighted by Crippen LogP contribution is 2.22. The van der Waals surface area contributed by atoms with E-state index in [4.69, 9.17) is 0 Å². The Morgan fingerprint density at radius 2 is 2.10 bits per heavy atom. The molecule has 2 rings (SSSR count). The van der Waals surface area contributed by atoms with Crippen molar-refractivity contribution in [2.75, 3.05) is 5.32 Å². The number of carbonyl (C=O) groups excluding carboxylic acids is 1. The summed E-state index contributed by atoms with van der Waals surface area (Å²) in [5.74, 6) is -0.751. The van der Waals surface area contributed by atoms with Gasteiger partial charge in [0.2, 0.25) is 0 Å². The highest BCUT2D eigenvalue weighted by molar-refractivity contribution is 6.05. The van der Waals surface area contributed by atoms with Crippen molar-refractivity contribution in [3.05, 3.63) is 57.4 Å². The van der Waals surface area contributed by atoms with E-state index < -0.39 is 11.5 Å². The molecule has 104 valence electrons. The lowest BCUT2D eigenvalue weighted by Gasteiger charge is -2.12. The van der Waals surface area contributed by atoms with E-state index in [1.54, 1.807) is 0 Å². The summed E-state index contributed by atoms with van der Waals surface area (Å²) >= 11 is 0. The van der Waals surface area contributed by atoms with E-state index in [2.05, 4.69) is 10.3 Å². The van der Waals surface area contributed by atoms with E-state index >= 15 is 0 Å². The highest BCUT2D eigenvalue weighted by Gasteiger charge is 2.12. The molecular formula is C15H16N2O3. The molecule has 1 aromatic heterocycles. The van der Waals surface area contributed by atoms with Gasteiger partial charge in [-0.1, -0.05) is 25.1 Å². The summed E-state index contributed by atoms with van der Waals surface area (Å²) in [5, 5.41) is 12.1. The number of aromatic amines is 1. The summed E-state index contributed by atoms with van der Waals surface area (Å²) < 4.78 is 0. The third-order valence-corrected chi connectivity index (χ3v) is 3.07. The lowest BCUT2D eigenvalue weighted by Crippen LogP contribution is -2.17. The number of para-hydroxylation sites is 1. The number of aromatic hydroxyl groups is 1. The van der Waals surface area contributed by atoms with Crippen molar-refractivity contribution in [2.24, 2.45) is 0 Å². The Morgan fingerprint density at radius 3 is 2.75 bits per heavy atom. The van der Waals surface area contributed by atoms with Gasteiger partial charge >= 0.3 is 0 Å². The predicted molar refractivity (Wildman–Crippen MR) is 77.2 cm³/mol. The molecule has 1 heterocycles. The molecule has 0 spiro atoms. The SMILES string of the molecule is CCc1cccc(C)c1NC(=O)c1cc(O)[nH]c(=O)c1. The second-order valence-corrected chi connectivity index (χ2v) is 4.54. The molecule has 3 N–H and O–H groups in total. The summed E-state index contributed by atoms with van der Waals surface area (Å²) in [4.78, 5) is 25.6. The zero-order chi connectivity index (χ0) is 14.7. The fourth-order valence-electron chi connectivity index (χ4n) is 2.05. The maximum Gasteiger partial charge on any atom is 0.256 e. The first-order chi connectivity index (χ1) is 9.51. The van der Waals surface area contributed by atoms with E-state index in [-0.39, 0.29) is 11.4 Å². The molecule has 0 aliphatic heterocycles. The number of hydrogen-bond donors (Lipinski definition) is 3. The van der Waals surface area contributed by atoms with E-state index in [1.807, 2.05) is 32.0 Å². The van der Waals surface area contributed by atoms with Crippen LogP contribution >= 0.6 is 0 Å². The largest absolute Gasteiger partial charge is 0.494 e. The molecular weight excluding hydrogens is 256 g/mol. The van der Waals surface area contributed by atoms with Crippen LogP contribution in [-0.2, 0) is 6.42 Å². The second-order valence-electron chi connectivity index (χ2n) is 4.54. The maximum atomic E-state index is 12.2. The van der Waals surface area contributed by atoms with E-state index in [1.165, 1.54) is 6.07 Å². The van der Waals surface area contributed by atoms with Crippen molar-refractivity contribution in [3.8, 4) is 5.88 Å². The lowest BCUT2D eigenvalue weighted by atomic mass is 10.1. The van der Waals surface area contributed by atoms with E-state index in [0.29, 0.717) is 0 Å². The van der Waals surface area contributed by atoms with Crippen molar-refractivity contribution in [2.45, 2.75) is 20.3 Å². The van der Waals surface area contributed by atoms with Gasteiger partial charge in [-0.3, -0.25) is 14.6 Å². The van der Waals surface area contributed by atoms with E-state index in [0.717, 1.165) is 29.3 Å². The summed E-state index contributed by atoms with van der Waals surface area (Å²) in [6.45, 7) is 3.91. The van der Waals surface area contributed by atoms with Crippen LogP contribution in [0.25, 0.3) is 0 Å². The van der Waals surface area contributed by atoms with Gasteiger partial charge in [0.25, 0.3) is 11.5 Å². The molecule has 0 fully saturated rings. The predicted octanol–water partition coefficient (Wildman–Crippen LogP) is 2.20. The molecule has 1 aromatic carbocycles. The van der Waals surface area contributed by atoms with Crippen LogP contribution in [0.5, 0.6) is 5.88 Å². The molecule has 5 heteroatoms. The van der Waals surface area contributed by atoms with Crippen molar-refractivity contribution < 1.29 is 9.90 Å². The first-order valence-corrected chi connectivity index (χ1v) is 6.34. The smallest absolute Gasteiger partial charge is 0.256 e. The molecule has 0 aliphatic carbocycles. The van der Waals surface area contributed by atoms with Crippen molar-refractivity contribution in [1.82, 2.24) is 4.98 Å².